The molecule has 17 heavy (non-hydrogen) atoms. The van der Waals surface area contributed by atoms with Crippen LogP contribution in [0, 0.1) is 6.92 Å². The van der Waals surface area contributed by atoms with Gasteiger partial charge in [0.15, 0.2) is 0 Å². The lowest BCUT2D eigenvalue weighted by atomic mass is 9.99. The highest BCUT2D eigenvalue weighted by Crippen LogP contribution is 2.26. The molecular formula is C13H15N3O. The van der Waals surface area contributed by atoms with Gasteiger partial charge in [-0.25, -0.2) is 4.79 Å². The fourth-order valence-corrected chi connectivity index (χ4v) is 2.50. The molecule has 88 valence electrons. The molecule has 4 heteroatoms. The number of fused-ring (bicyclic) bond motifs is 1. The van der Waals surface area contributed by atoms with Crippen LogP contribution < -0.4 is 11.0 Å². The molecular weight excluding hydrogens is 214 g/mol. The van der Waals surface area contributed by atoms with Crippen LogP contribution in [0.3, 0.4) is 0 Å². The summed E-state index contributed by atoms with van der Waals surface area (Å²) in [6, 6.07) is 6.09. The average molecular weight is 229 g/mol. The van der Waals surface area contributed by atoms with Gasteiger partial charge in [0.05, 0.1) is 5.52 Å². The van der Waals surface area contributed by atoms with Crippen molar-refractivity contribution in [1.29, 1.82) is 0 Å². The fraction of sp³-hybridized carbons (Fsp3) is 0.385. The first-order valence-corrected chi connectivity index (χ1v) is 5.95. The second kappa shape index (κ2) is 3.96. The van der Waals surface area contributed by atoms with Gasteiger partial charge in [-0.2, -0.15) is 4.98 Å². The summed E-state index contributed by atoms with van der Waals surface area (Å²) in [5.41, 5.74) is 2.72. The van der Waals surface area contributed by atoms with Crippen molar-refractivity contribution in [2.45, 2.75) is 19.3 Å². The predicted octanol–water partition coefficient (Wildman–Crippen LogP) is 1.31. The molecule has 1 unspecified atom stereocenters. The highest BCUT2D eigenvalue weighted by Gasteiger charge is 2.20. The van der Waals surface area contributed by atoms with Gasteiger partial charge in [0.1, 0.15) is 0 Å². The zero-order chi connectivity index (χ0) is 11.8. The number of aromatic amines is 1. The maximum absolute atomic E-state index is 11.6. The Hall–Kier alpha value is -1.68. The van der Waals surface area contributed by atoms with E-state index in [1.165, 1.54) is 0 Å². The topological polar surface area (TPSA) is 57.8 Å². The van der Waals surface area contributed by atoms with Gasteiger partial charge >= 0.3 is 5.69 Å². The molecule has 1 aromatic heterocycles. The minimum atomic E-state index is -0.245. The van der Waals surface area contributed by atoms with Crippen LogP contribution in [-0.4, -0.2) is 23.1 Å². The van der Waals surface area contributed by atoms with Gasteiger partial charge in [0.2, 0.25) is 0 Å². The van der Waals surface area contributed by atoms with Gasteiger partial charge in [-0.3, -0.25) is 0 Å². The largest absolute Gasteiger partial charge is 0.345 e. The van der Waals surface area contributed by atoms with Crippen LogP contribution in [0.1, 0.15) is 23.6 Å². The molecule has 2 aromatic rings. The van der Waals surface area contributed by atoms with Gasteiger partial charge in [-0.15, -0.1) is 0 Å². The van der Waals surface area contributed by atoms with Crippen LogP contribution in [0.2, 0.25) is 0 Å². The van der Waals surface area contributed by atoms with E-state index < -0.39 is 0 Å². The first kappa shape index (κ1) is 10.5. The summed E-state index contributed by atoms with van der Waals surface area (Å²) in [4.78, 5) is 18.5. The Labute approximate surface area is 99.1 Å². The molecule has 1 aliphatic rings. The summed E-state index contributed by atoms with van der Waals surface area (Å²) in [5, 5.41) is 4.40. The van der Waals surface area contributed by atoms with Crippen molar-refractivity contribution in [1.82, 2.24) is 15.3 Å². The number of nitrogens with zero attached hydrogens (tertiary/aromatic N) is 1. The van der Waals surface area contributed by atoms with Crippen LogP contribution >= 0.6 is 0 Å². The number of nitrogens with one attached hydrogen (secondary N) is 2. The Morgan fingerprint density at radius 2 is 2.29 bits per heavy atom. The molecule has 3 rings (SSSR count). The van der Waals surface area contributed by atoms with E-state index in [1.807, 2.05) is 13.0 Å². The van der Waals surface area contributed by atoms with Crippen LogP contribution in [0.5, 0.6) is 0 Å². The smallest absolute Gasteiger partial charge is 0.316 e. The van der Waals surface area contributed by atoms with Crippen molar-refractivity contribution in [2.24, 2.45) is 0 Å². The lowest BCUT2D eigenvalue weighted by Gasteiger charge is -2.11. The average Bonchev–Trinajstić information content (AvgIpc) is 2.80. The van der Waals surface area contributed by atoms with Crippen LogP contribution in [0.15, 0.2) is 23.0 Å². The fourth-order valence-electron chi connectivity index (χ4n) is 2.50. The molecule has 1 aromatic carbocycles. The van der Waals surface area contributed by atoms with Gasteiger partial charge in [0.25, 0.3) is 0 Å². The lowest BCUT2D eigenvalue weighted by molar-refractivity contribution is 0.735. The highest BCUT2D eigenvalue weighted by molar-refractivity contribution is 5.81. The summed E-state index contributed by atoms with van der Waals surface area (Å²) in [6.07, 6.45) is 1.07. The molecule has 0 radical (unpaired) electrons. The minimum absolute atomic E-state index is 0.245. The normalized spacial score (nSPS) is 19.9. The molecule has 0 amide bonds. The molecule has 2 N–H and O–H groups in total. The van der Waals surface area contributed by atoms with Gasteiger partial charge < -0.3 is 10.3 Å². The van der Waals surface area contributed by atoms with Crippen molar-refractivity contribution in [3.8, 4) is 0 Å². The standard InChI is InChI=1S/C13H15N3O/c1-8-2-3-10-11(6-8)15-13(17)16-12(10)9-4-5-14-7-9/h2-3,6,9,14H,4-5,7H2,1H3,(H,15,16,17). The van der Waals surface area contributed by atoms with Crippen molar-refractivity contribution < 1.29 is 0 Å². The summed E-state index contributed by atoms with van der Waals surface area (Å²) in [6.45, 7) is 3.96. The van der Waals surface area contributed by atoms with E-state index in [4.69, 9.17) is 0 Å². The number of hydrogen-bond donors (Lipinski definition) is 2. The van der Waals surface area contributed by atoms with E-state index >= 15 is 0 Å². The van der Waals surface area contributed by atoms with Crippen LogP contribution in [0.25, 0.3) is 10.9 Å². The number of hydrogen-bond acceptors (Lipinski definition) is 3. The summed E-state index contributed by atoms with van der Waals surface area (Å²) >= 11 is 0. The molecule has 0 spiro atoms. The van der Waals surface area contributed by atoms with Crippen LogP contribution in [0.4, 0.5) is 0 Å². The minimum Gasteiger partial charge on any atom is -0.316 e. The first-order chi connectivity index (χ1) is 8.24. The van der Waals surface area contributed by atoms with Gasteiger partial charge in [-0.1, -0.05) is 12.1 Å². The molecule has 1 fully saturated rings. The number of H-pyrrole nitrogens is 1. The molecule has 0 bridgehead atoms. The third kappa shape index (κ3) is 1.85. The van der Waals surface area contributed by atoms with Crippen molar-refractivity contribution in [3.63, 3.8) is 0 Å². The zero-order valence-electron chi connectivity index (χ0n) is 9.79. The Bertz CT molecular complexity index is 612. The van der Waals surface area contributed by atoms with E-state index in [9.17, 15) is 4.79 Å². The molecule has 0 aliphatic carbocycles. The summed E-state index contributed by atoms with van der Waals surface area (Å²) < 4.78 is 0. The van der Waals surface area contributed by atoms with E-state index in [1.54, 1.807) is 0 Å². The Balaban J connectivity index is 2.25. The Kier molecular flexibility index (Phi) is 2.44. The summed E-state index contributed by atoms with van der Waals surface area (Å²) in [7, 11) is 0. The third-order valence-electron chi connectivity index (χ3n) is 3.38. The second-order valence-electron chi connectivity index (χ2n) is 4.67. The number of benzene rings is 1. The van der Waals surface area contributed by atoms with E-state index in [0.717, 1.165) is 41.7 Å². The Morgan fingerprint density at radius 1 is 1.41 bits per heavy atom. The second-order valence-corrected chi connectivity index (χ2v) is 4.67. The van der Waals surface area contributed by atoms with Gasteiger partial charge in [0, 0.05) is 23.5 Å². The molecule has 1 saturated heterocycles. The monoisotopic (exact) mass is 229 g/mol. The molecule has 1 aliphatic heterocycles. The summed E-state index contributed by atoms with van der Waals surface area (Å²) in [5.74, 6) is 0.399. The maximum atomic E-state index is 11.6. The number of rotatable bonds is 1. The molecule has 4 nitrogen and oxygen atoms in total. The first-order valence-electron chi connectivity index (χ1n) is 5.95. The third-order valence-corrected chi connectivity index (χ3v) is 3.38. The predicted molar refractivity (Wildman–Crippen MR) is 67.3 cm³/mol. The van der Waals surface area contributed by atoms with Crippen molar-refractivity contribution in [2.75, 3.05) is 13.1 Å². The highest BCUT2D eigenvalue weighted by atomic mass is 16.1. The van der Waals surface area contributed by atoms with E-state index in [2.05, 4.69) is 27.4 Å². The van der Waals surface area contributed by atoms with Crippen molar-refractivity contribution >= 4 is 10.9 Å². The molecule has 2 heterocycles. The Morgan fingerprint density at radius 3 is 3.06 bits per heavy atom. The number of aryl methyl sites for hydroxylation is 1. The van der Waals surface area contributed by atoms with Gasteiger partial charge in [-0.05, 0) is 31.5 Å². The van der Waals surface area contributed by atoms with Crippen molar-refractivity contribution in [3.05, 3.63) is 39.9 Å². The lowest BCUT2D eigenvalue weighted by Crippen LogP contribution is -2.17. The van der Waals surface area contributed by atoms with E-state index in [-0.39, 0.29) is 5.69 Å². The maximum Gasteiger partial charge on any atom is 0.345 e. The zero-order valence-corrected chi connectivity index (χ0v) is 9.79. The van der Waals surface area contributed by atoms with E-state index in [0.29, 0.717) is 5.92 Å². The number of aromatic nitrogens is 2. The SMILES string of the molecule is Cc1ccc2c(C3CCNC3)[nH]c(=O)nc2c1. The molecule has 0 saturated carbocycles. The quantitative estimate of drug-likeness (QED) is 0.775. The molecule has 1 atom stereocenters. The van der Waals surface area contributed by atoms with Crippen LogP contribution in [-0.2, 0) is 0 Å².